The number of nitrogens with zero attached hydrogens (tertiary/aromatic N) is 5. The fraction of sp³-hybridized carbons (Fsp3) is 0.353. The van der Waals surface area contributed by atoms with E-state index in [4.69, 9.17) is 11.6 Å². The molecule has 0 aliphatic carbocycles. The van der Waals surface area contributed by atoms with Crippen LogP contribution in [0.4, 0.5) is 0 Å². The van der Waals surface area contributed by atoms with Gasteiger partial charge in [0.1, 0.15) is 0 Å². The van der Waals surface area contributed by atoms with Gasteiger partial charge in [-0.15, -0.1) is 0 Å². The van der Waals surface area contributed by atoms with Crippen LogP contribution in [0.1, 0.15) is 12.8 Å². The van der Waals surface area contributed by atoms with Crippen LogP contribution in [-0.2, 0) is 0 Å². The topological polar surface area (TPSA) is 66.5 Å². The maximum absolute atomic E-state index is 10.2. The molecule has 25 heavy (non-hydrogen) atoms. The van der Waals surface area contributed by atoms with Crippen LogP contribution in [0.3, 0.4) is 0 Å². The van der Waals surface area contributed by atoms with Crippen molar-refractivity contribution in [2.24, 2.45) is 0 Å². The van der Waals surface area contributed by atoms with Crippen LogP contribution in [0.5, 0.6) is 5.75 Å². The zero-order chi connectivity index (χ0) is 17.4. The van der Waals surface area contributed by atoms with Crippen molar-refractivity contribution in [2.45, 2.75) is 17.5 Å². The summed E-state index contributed by atoms with van der Waals surface area (Å²) in [6.45, 7) is 2.30. The summed E-state index contributed by atoms with van der Waals surface area (Å²) in [5.74, 6) is 0.666. The molecular weight excluding hydrogens is 401 g/mol. The van der Waals surface area contributed by atoms with E-state index in [1.807, 2.05) is 10.6 Å². The minimum absolute atomic E-state index is 0.0896. The summed E-state index contributed by atoms with van der Waals surface area (Å²) >= 11 is 5.82. The molecule has 0 amide bonds. The Morgan fingerprint density at radius 2 is 2.20 bits per heavy atom. The molecule has 2 aromatic heterocycles. The first kappa shape index (κ1) is 16.8. The zero-order valence-corrected chi connectivity index (χ0v) is 16.4. The van der Waals surface area contributed by atoms with Gasteiger partial charge < -0.3 is 0 Å². The summed E-state index contributed by atoms with van der Waals surface area (Å²) in [5, 5.41) is 19.6. The molecule has 1 N–H and O–H groups in total. The fourth-order valence-electron chi connectivity index (χ4n) is 3.21. The molecule has 1 fully saturated rings. The Kier molecular flexibility index (Phi) is 4.67. The van der Waals surface area contributed by atoms with E-state index in [1.54, 1.807) is 18.3 Å². The minimum atomic E-state index is -0.107. The van der Waals surface area contributed by atoms with E-state index >= 15 is 0 Å². The third kappa shape index (κ3) is 3.39. The Morgan fingerprint density at radius 1 is 1.32 bits per heavy atom. The molecule has 3 aromatic rings. The predicted octanol–water partition coefficient (Wildman–Crippen LogP) is 1.99. The second-order valence-electron chi connectivity index (χ2n) is 6.32. The SMILES string of the molecule is CN1CCC[C@@H]([As]c2nnc(-c3ccc(Cl)cc3O)n3ccnc23)C1. The van der Waals surface area contributed by atoms with Crippen LogP contribution in [-0.4, -0.2) is 65.5 Å². The van der Waals surface area contributed by atoms with Gasteiger partial charge in [-0.3, -0.25) is 0 Å². The maximum atomic E-state index is 10.2. The number of rotatable bonds is 3. The molecule has 1 aromatic carbocycles. The van der Waals surface area contributed by atoms with Crippen LogP contribution in [0, 0.1) is 0 Å². The van der Waals surface area contributed by atoms with E-state index in [9.17, 15) is 5.11 Å². The summed E-state index contributed by atoms with van der Waals surface area (Å²) in [7, 11) is 2.18. The molecule has 1 aliphatic rings. The molecule has 1 radical (unpaired) electrons. The third-order valence-corrected chi connectivity index (χ3v) is 7.42. The van der Waals surface area contributed by atoms with Gasteiger partial charge >= 0.3 is 158 Å². The molecule has 1 saturated heterocycles. The van der Waals surface area contributed by atoms with Crippen molar-refractivity contribution >= 4 is 37.5 Å². The van der Waals surface area contributed by atoms with E-state index in [-0.39, 0.29) is 21.5 Å². The second-order valence-corrected chi connectivity index (χ2v) is 9.72. The number of likely N-dealkylation sites (tertiary alicyclic amines) is 1. The van der Waals surface area contributed by atoms with E-state index in [2.05, 4.69) is 27.1 Å². The summed E-state index contributed by atoms with van der Waals surface area (Å²) in [6, 6.07) is 5.00. The monoisotopic (exact) mass is 418 g/mol. The first-order chi connectivity index (χ1) is 12.1. The molecule has 0 spiro atoms. The van der Waals surface area contributed by atoms with Gasteiger partial charge in [0.25, 0.3) is 0 Å². The first-order valence-corrected chi connectivity index (χ1v) is 10.6. The van der Waals surface area contributed by atoms with Gasteiger partial charge in [-0.1, -0.05) is 0 Å². The van der Waals surface area contributed by atoms with Crippen LogP contribution in [0.25, 0.3) is 17.0 Å². The molecule has 6 nitrogen and oxygen atoms in total. The van der Waals surface area contributed by atoms with Gasteiger partial charge in [0.2, 0.25) is 0 Å². The molecule has 0 saturated carbocycles. The van der Waals surface area contributed by atoms with Gasteiger partial charge in [-0.2, -0.15) is 0 Å². The Bertz CT molecular complexity index is 915. The Labute approximate surface area is 157 Å². The van der Waals surface area contributed by atoms with E-state index in [0.717, 1.165) is 16.7 Å². The molecular formula is C17H18AsClN5O. The zero-order valence-electron chi connectivity index (χ0n) is 13.8. The molecule has 4 rings (SSSR count). The molecule has 1 atom stereocenters. The predicted molar refractivity (Wildman–Crippen MR) is 98.8 cm³/mol. The second kappa shape index (κ2) is 6.94. The van der Waals surface area contributed by atoms with Gasteiger partial charge in [-0.05, 0) is 0 Å². The van der Waals surface area contributed by atoms with Crippen molar-refractivity contribution in [1.82, 2.24) is 24.5 Å². The summed E-state index contributed by atoms with van der Waals surface area (Å²) in [6.07, 6.45) is 6.11. The van der Waals surface area contributed by atoms with Crippen LogP contribution in [0.15, 0.2) is 30.6 Å². The van der Waals surface area contributed by atoms with E-state index in [0.29, 0.717) is 21.1 Å². The van der Waals surface area contributed by atoms with Crippen LogP contribution < -0.4 is 4.48 Å². The number of aromatic hydroxyl groups is 1. The Morgan fingerprint density at radius 3 is 3.00 bits per heavy atom. The number of hydrogen-bond acceptors (Lipinski definition) is 5. The van der Waals surface area contributed by atoms with Crippen molar-refractivity contribution in [3.05, 3.63) is 35.6 Å². The molecule has 0 unspecified atom stereocenters. The Balaban J connectivity index is 1.71. The normalized spacial score (nSPS) is 19.2. The quantitative estimate of drug-likeness (QED) is 0.659. The number of fused-ring (bicyclic) bond motifs is 1. The summed E-state index contributed by atoms with van der Waals surface area (Å²) in [4.78, 5) is 6.89. The van der Waals surface area contributed by atoms with Gasteiger partial charge in [-0.25, -0.2) is 0 Å². The van der Waals surface area contributed by atoms with Crippen molar-refractivity contribution in [2.75, 3.05) is 20.1 Å². The molecule has 3 heterocycles. The van der Waals surface area contributed by atoms with Gasteiger partial charge in [0.05, 0.1) is 0 Å². The molecule has 129 valence electrons. The number of imidazole rings is 1. The molecule has 0 bridgehead atoms. The van der Waals surface area contributed by atoms with Crippen molar-refractivity contribution < 1.29 is 5.11 Å². The number of piperidine rings is 1. The van der Waals surface area contributed by atoms with Crippen molar-refractivity contribution in [3.8, 4) is 17.1 Å². The first-order valence-electron chi connectivity index (χ1n) is 8.20. The van der Waals surface area contributed by atoms with Gasteiger partial charge in [0.15, 0.2) is 0 Å². The standard InChI is InChI=1S/C17H18AsClN5O/c1-23-7-2-3-11(10-23)18-15-17-20-6-8-24(17)16(22-21-15)13-5-4-12(19)9-14(13)25/h4-6,8-9,11,25H,2-3,7,10H2,1H3/t11-/m1/s1. The molecule has 8 heteroatoms. The van der Waals surface area contributed by atoms with Crippen molar-refractivity contribution in [1.29, 1.82) is 0 Å². The third-order valence-electron chi connectivity index (χ3n) is 4.41. The molecule has 1 aliphatic heterocycles. The number of aromatic nitrogens is 4. The average Bonchev–Trinajstić information content (AvgIpc) is 3.06. The number of benzene rings is 1. The summed E-state index contributed by atoms with van der Waals surface area (Å²) < 4.78 is 3.58. The van der Waals surface area contributed by atoms with Crippen LogP contribution in [0.2, 0.25) is 9.73 Å². The number of phenolic OH excluding ortho intramolecular Hbond substituents is 1. The Hall–Kier alpha value is -1.62. The average molecular weight is 419 g/mol. The van der Waals surface area contributed by atoms with Crippen molar-refractivity contribution in [3.63, 3.8) is 0 Å². The summed E-state index contributed by atoms with van der Waals surface area (Å²) in [5.41, 5.74) is 1.44. The number of hydrogen-bond donors (Lipinski definition) is 1. The van der Waals surface area contributed by atoms with Crippen LogP contribution >= 0.6 is 11.6 Å². The van der Waals surface area contributed by atoms with E-state index in [1.165, 1.54) is 25.5 Å². The fourth-order valence-corrected chi connectivity index (χ4v) is 6.30. The number of phenols is 1. The van der Waals surface area contributed by atoms with Gasteiger partial charge in [0, 0.05) is 0 Å². The van der Waals surface area contributed by atoms with E-state index < -0.39 is 0 Å². The number of halogens is 1.